The Morgan fingerprint density at radius 1 is 1.46 bits per heavy atom. The van der Waals surface area contributed by atoms with Gasteiger partial charge in [0, 0.05) is 12.4 Å². The van der Waals surface area contributed by atoms with Crippen molar-refractivity contribution in [3.8, 4) is 0 Å². The van der Waals surface area contributed by atoms with E-state index in [1.807, 2.05) is 10.9 Å². The minimum absolute atomic E-state index is 0.550. The van der Waals surface area contributed by atoms with E-state index in [1.165, 1.54) is 12.8 Å². The number of nitrogens with zero attached hydrogens (tertiary/aromatic N) is 3. The highest BCUT2D eigenvalue weighted by Gasteiger charge is 2.18. The van der Waals surface area contributed by atoms with Crippen LogP contribution in [0.15, 0.2) is 12.4 Å². The summed E-state index contributed by atoms with van der Waals surface area (Å²) < 4.78 is 2.00. The third-order valence-corrected chi connectivity index (χ3v) is 2.68. The highest BCUT2D eigenvalue weighted by Crippen LogP contribution is 2.19. The van der Waals surface area contributed by atoms with Gasteiger partial charge in [0.15, 0.2) is 0 Å². The summed E-state index contributed by atoms with van der Waals surface area (Å²) in [5, 5.41) is 4.24. The summed E-state index contributed by atoms with van der Waals surface area (Å²) in [6, 6.07) is 0.550. The molecule has 0 bridgehead atoms. The van der Waals surface area contributed by atoms with Crippen molar-refractivity contribution in [3.05, 3.63) is 12.4 Å². The maximum atomic E-state index is 5.62. The van der Waals surface area contributed by atoms with Gasteiger partial charge in [0.1, 0.15) is 7.85 Å². The molecule has 1 aliphatic rings. The zero-order valence-corrected chi connectivity index (χ0v) is 7.98. The smallest absolute Gasteiger partial charge is 0.118 e. The Balaban J connectivity index is 2.02. The quantitative estimate of drug-likeness (QED) is 0.557. The summed E-state index contributed by atoms with van der Waals surface area (Å²) in [5.41, 5.74) is 0.763. The Bertz CT molecular complexity index is 276. The normalized spacial score (nSPS) is 20.7. The molecule has 1 aromatic rings. The predicted molar refractivity (Wildman–Crippen MR) is 53.4 cm³/mol. The fraction of sp³-hybridized carbons (Fsp3) is 0.667. The molecule has 0 aliphatic carbocycles. The first-order chi connectivity index (χ1) is 6.25. The van der Waals surface area contributed by atoms with Crippen LogP contribution in [0, 0.1) is 0 Å². The number of hydrogen-bond donors (Lipinski definition) is 0. The first-order valence-corrected chi connectivity index (χ1v) is 4.74. The molecule has 2 radical (unpaired) electrons. The fourth-order valence-corrected chi connectivity index (χ4v) is 1.81. The van der Waals surface area contributed by atoms with Crippen LogP contribution in [0.5, 0.6) is 0 Å². The van der Waals surface area contributed by atoms with E-state index in [9.17, 15) is 0 Å². The molecule has 2 rings (SSSR count). The highest BCUT2D eigenvalue weighted by atomic mass is 15.3. The Morgan fingerprint density at radius 3 is 2.69 bits per heavy atom. The first-order valence-electron chi connectivity index (χ1n) is 4.74. The number of likely N-dealkylation sites (tertiary alicyclic amines) is 1. The van der Waals surface area contributed by atoms with Crippen molar-refractivity contribution in [3.63, 3.8) is 0 Å². The molecule has 1 aliphatic heterocycles. The Labute approximate surface area is 80.1 Å². The molecule has 0 amide bonds. The number of piperidine rings is 1. The molecule has 3 nitrogen and oxygen atoms in total. The Kier molecular flexibility index (Phi) is 2.40. The van der Waals surface area contributed by atoms with Gasteiger partial charge in [0.2, 0.25) is 0 Å². The molecular formula is C9H14BN3. The Hall–Kier alpha value is -0.765. The summed E-state index contributed by atoms with van der Waals surface area (Å²) in [6.07, 6.45) is 6.00. The van der Waals surface area contributed by atoms with Crippen molar-refractivity contribution in [2.24, 2.45) is 0 Å². The molecule has 4 heteroatoms. The average molecular weight is 175 g/mol. The third-order valence-electron chi connectivity index (χ3n) is 2.68. The second-order valence-corrected chi connectivity index (χ2v) is 3.79. The summed E-state index contributed by atoms with van der Waals surface area (Å²) in [7, 11) is 7.78. The second kappa shape index (κ2) is 3.54. The lowest BCUT2D eigenvalue weighted by Gasteiger charge is -2.28. The van der Waals surface area contributed by atoms with Crippen molar-refractivity contribution in [1.82, 2.24) is 14.7 Å². The van der Waals surface area contributed by atoms with Gasteiger partial charge in [0.05, 0.1) is 6.04 Å². The summed E-state index contributed by atoms with van der Waals surface area (Å²) >= 11 is 0. The van der Waals surface area contributed by atoms with Crippen molar-refractivity contribution in [2.75, 3.05) is 20.1 Å². The van der Waals surface area contributed by atoms with E-state index in [-0.39, 0.29) is 0 Å². The fourth-order valence-electron chi connectivity index (χ4n) is 1.81. The molecule has 0 saturated carbocycles. The van der Waals surface area contributed by atoms with Gasteiger partial charge in [-0.2, -0.15) is 5.10 Å². The Morgan fingerprint density at radius 2 is 2.15 bits per heavy atom. The van der Waals surface area contributed by atoms with E-state index in [2.05, 4.69) is 17.0 Å². The lowest BCUT2D eigenvalue weighted by Crippen LogP contribution is -2.31. The van der Waals surface area contributed by atoms with E-state index in [0.717, 1.165) is 18.6 Å². The maximum absolute atomic E-state index is 5.62. The van der Waals surface area contributed by atoms with E-state index >= 15 is 0 Å². The monoisotopic (exact) mass is 175 g/mol. The van der Waals surface area contributed by atoms with Crippen molar-refractivity contribution in [1.29, 1.82) is 0 Å². The molecule has 0 atom stereocenters. The van der Waals surface area contributed by atoms with Crippen molar-refractivity contribution in [2.45, 2.75) is 18.9 Å². The molecule has 1 fully saturated rings. The van der Waals surface area contributed by atoms with Crippen LogP contribution in [0.1, 0.15) is 18.9 Å². The predicted octanol–water partition coefficient (Wildman–Crippen LogP) is -0.0564. The van der Waals surface area contributed by atoms with Crippen molar-refractivity contribution >= 4 is 13.3 Å². The van der Waals surface area contributed by atoms with E-state index in [4.69, 9.17) is 7.85 Å². The van der Waals surface area contributed by atoms with Gasteiger partial charge in [-0.15, -0.1) is 0 Å². The topological polar surface area (TPSA) is 21.1 Å². The maximum Gasteiger partial charge on any atom is 0.118 e. The zero-order valence-electron chi connectivity index (χ0n) is 7.98. The van der Waals surface area contributed by atoms with E-state index < -0.39 is 0 Å². The molecule has 13 heavy (non-hydrogen) atoms. The largest absolute Gasteiger partial charge is 0.306 e. The molecular weight excluding hydrogens is 161 g/mol. The van der Waals surface area contributed by atoms with E-state index in [0.29, 0.717) is 6.04 Å². The molecule has 0 spiro atoms. The van der Waals surface area contributed by atoms with Crippen LogP contribution in [0.25, 0.3) is 0 Å². The minimum Gasteiger partial charge on any atom is -0.306 e. The number of rotatable bonds is 1. The van der Waals surface area contributed by atoms with Crippen LogP contribution in [-0.4, -0.2) is 42.7 Å². The van der Waals surface area contributed by atoms with Crippen LogP contribution in [0.3, 0.4) is 0 Å². The first kappa shape index (κ1) is 8.82. The SMILES string of the molecule is [B]c1cnn(C2CCN(C)CC2)c1. The van der Waals surface area contributed by atoms with Gasteiger partial charge in [0.25, 0.3) is 0 Å². The van der Waals surface area contributed by atoms with Crippen LogP contribution in [0.4, 0.5) is 0 Å². The highest BCUT2D eigenvalue weighted by molar-refractivity contribution is 6.31. The van der Waals surface area contributed by atoms with Gasteiger partial charge in [-0.1, -0.05) is 5.46 Å². The lowest BCUT2D eigenvalue weighted by molar-refractivity contribution is 0.212. The molecule has 0 aromatic carbocycles. The molecule has 68 valence electrons. The molecule has 0 N–H and O–H groups in total. The van der Waals surface area contributed by atoms with E-state index in [1.54, 1.807) is 6.20 Å². The van der Waals surface area contributed by atoms with Gasteiger partial charge >= 0.3 is 0 Å². The lowest BCUT2D eigenvalue weighted by atomic mass is 10.0. The molecule has 0 unspecified atom stereocenters. The minimum atomic E-state index is 0.550. The molecule has 1 aromatic heterocycles. The van der Waals surface area contributed by atoms with Gasteiger partial charge < -0.3 is 4.90 Å². The van der Waals surface area contributed by atoms with Crippen LogP contribution < -0.4 is 5.46 Å². The standard InChI is InChI=1S/C9H14BN3/c1-12-4-2-9(3-5-12)13-7-8(10)6-11-13/h6-7,9H,2-5H2,1H3. The number of hydrogen-bond acceptors (Lipinski definition) is 2. The van der Waals surface area contributed by atoms with Gasteiger partial charge in [-0.3, -0.25) is 4.68 Å². The van der Waals surface area contributed by atoms with Gasteiger partial charge in [-0.25, -0.2) is 0 Å². The van der Waals surface area contributed by atoms with Crippen molar-refractivity contribution < 1.29 is 0 Å². The van der Waals surface area contributed by atoms with Crippen LogP contribution in [0.2, 0.25) is 0 Å². The third kappa shape index (κ3) is 1.94. The second-order valence-electron chi connectivity index (χ2n) is 3.79. The molecule has 1 saturated heterocycles. The summed E-state index contributed by atoms with van der Waals surface area (Å²) in [4.78, 5) is 2.35. The zero-order chi connectivity index (χ0) is 9.26. The van der Waals surface area contributed by atoms with Crippen LogP contribution in [-0.2, 0) is 0 Å². The van der Waals surface area contributed by atoms with Gasteiger partial charge in [-0.05, 0) is 33.0 Å². The molecule has 2 heterocycles. The van der Waals surface area contributed by atoms with Crippen LogP contribution >= 0.6 is 0 Å². The summed E-state index contributed by atoms with van der Waals surface area (Å²) in [6.45, 7) is 2.31. The summed E-state index contributed by atoms with van der Waals surface area (Å²) in [5.74, 6) is 0. The average Bonchev–Trinajstić information content (AvgIpc) is 2.53. The number of aromatic nitrogens is 2.